The van der Waals surface area contributed by atoms with Gasteiger partial charge in [-0.25, -0.2) is 0 Å². The highest BCUT2D eigenvalue weighted by molar-refractivity contribution is 5.80. The third-order valence-corrected chi connectivity index (χ3v) is 2.11. The van der Waals surface area contributed by atoms with Gasteiger partial charge in [0, 0.05) is 12.8 Å². The van der Waals surface area contributed by atoms with E-state index in [1.165, 1.54) is 0 Å². The van der Waals surface area contributed by atoms with Gasteiger partial charge < -0.3 is 0 Å². The van der Waals surface area contributed by atoms with Crippen molar-refractivity contribution in [3.8, 4) is 0 Å². The Morgan fingerprint density at radius 1 is 1.29 bits per heavy atom. The van der Waals surface area contributed by atoms with Gasteiger partial charge in [-0.3, -0.25) is 4.79 Å². The Labute approximate surface area is 85.5 Å². The molecule has 0 spiro atoms. The van der Waals surface area contributed by atoms with Crippen molar-refractivity contribution in [1.29, 1.82) is 0 Å². The molecular weight excluding hydrogens is 172 g/mol. The number of unbranched alkanes of at least 4 members (excludes halogenated alkanes) is 1. The molecule has 0 aromatic heterocycles. The van der Waals surface area contributed by atoms with Gasteiger partial charge in [0.1, 0.15) is 5.78 Å². The summed E-state index contributed by atoms with van der Waals surface area (Å²) in [6, 6.07) is 9.88. The van der Waals surface area contributed by atoms with E-state index in [4.69, 9.17) is 0 Å². The van der Waals surface area contributed by atoms with Crippen LogP contribution in [0, 0.1) is 0 Å². The smallest absolute Gasteiger partial charge is 0.137 e. The first kappa shape index (κ1) is 10.7. The van der Waals surface area contributed by atoms with Crippen molar-refractivity contribution in [2.75, 3.05) is 0 Å². The number of hydrogen-bond acceptors (Lipinski definition) is 1. The highest BCUT2D eigenvalue weighted by atomic mass is 16.1. The maximum Gasteiger partial charge on any atom is 0.137 e. The lowest BCUT2D eigenvalue weighted by molar-refractivity contribution is -0.118. The Balaban J connectivity index is 2.31. The summed E-state index contributed by atoms with van der Waals surface area (Å²) >= 11 is 0. The zero-order valence-corrected chi connectivity index (χ0v) is 8.41. The van der Waals surface area contributed by atoms with E-state index in [2.05, 4.69) is 6.58 Å². The van der Waals surface area contributed by atoms with Crippen LogP contribution in [0.3, 0.4) is 0 Å². The molecule has 0 bridgehead atoms. The van der Waals surface area contributed by atoms with Crippen LogP contribution < -0.4 is 0 Å². The van der Waals surface area contributed by atoms with Crippen molar-refractivity contribution in [3.05, 3.63) is 48.6 Å². The van der Waals surface area contributed by atoms with Crippen LogP contribution in [-0.2, 0) is 11.2 Å². The predicted octanol–water partition coefficient (Wildman–Crippen LogP) is 3.15. The molecule has 0 N–H and O–H groups in total. The molecule has 0 aliphatic carbocycles. The summed E-state index contributed by atoms with van der Waals surface area (Å²) in [5, 5.41) is 0. The third-order valence-electron chi connectivity index (χ3n) is 2.11. The first-order valence-electron chi connectivity index (χ1n) is 4.99. The van der Waals surface area contributed by atoms with E-state index in [0.29, 0.717) is 18.6 Å². The van der Waals surface area contributed by atoms with E-state index in [-0.39, 0.29) is 0 Å². The van der Waals surface area contributed by atoms with E-state index in [9.17, 15) is 4.79 Å². The lowest BCUT2D eigenvalue weighted by Crippen LogP contribution is -2.01. The van der Waals surface area contributed by atoms with Gasteiger partial charge in [-0.15, -0.1) is 6.58 Å². The minimum absolute atomic E-state index is 0.318. The molecule has 74 valence electrons. The Bertz CT molecular complexity index is 287. The first-order chi connectivity index (χ1) is 6.83. The molecule has 0 aliphatic rings. The number of carbonyl (C=O) groups excluding carboxylic acids is 1. The summed E-state index contributed by atoms with van der Waals surface area (Å²) in [4.78, 5) is 11.5. The van der Waals surface area contributed by atoms with Crippen LogP contribution in [0.5, 0.6) is 0 Å². The monoisotopic (exact) mass is 188 g/mol. The van der Waals surface area contributed by atoms with Crippen LogP contribution in [-0.4, -0.2) is 5.78 Å². The summed E-state index contributed by atoms with van der Waals surface area (Å²) in [6.45, 7) is 3.63. The number of allylic oxidation sites excluding steroid dienone is 1. The molecule has 0 radical (unpaired) electrons. The van der Waals surface area contributed by atoms with Gasteiger partial charge in [-0.05, 0) is 18.4 Å². The van der Waals surface area contributed by atoms with Crippen molar-refractivity contribution >= 4 is 5.78 Å². The van der Waals surface area contributed by atoms with Crippen LogP contribution in [0.1, 0.15) is 24.8 Å². The first-order valence-corrected chi connectivity index (χ1v) is 4.99. The molecule has 0 amide bonds. The van der Waals surface area contributed by atoms with Crippen molar-refractivity contribution < 1.29 is 4.79 Å². The zero-order chi connectivity index (χ0) is 10.2. The van der Waals surface area contributed by atoms with E-state index in [1.807, 2.05) is 36.4 Å². The molecule has 1 aromatic carbocycles. The fraction of sp³-hybridized carbons (Fsp3) is 0.308. The van der Waals surface area contributed by atoms with E-state index in [0.717, 1.165) is 18.4 Å². The molecular formula is C13H16O. The molecule has 0 saturated carbocycles. The minimum atomic E-state index is 0.318. The summed E-state index contributed by atoms with van der Waals surface area (Å²) in [5.74, 6) is 0.318. The predicted molar refractivity (Wildman–Crippen MR) is 59.2 cm³/mol. The summed E-state index contributed by atoms with van der Waals surface area (Å²) in [6.07, 6.45) is 4.95. The molecule has 1 rings (SSSR count). The SMILES string of the molecule is C=CCCCC(=O)Cc1ccccc1. The number of ketones is 1. The Hall–Kier alpha value is -1.37. The molecule has 1 aromatic rings. The lowest BCUT2D eigenvalue weighted by Gasteiger charge is -1.99. The van der Waals surface area contributed by atoms with Gasteiger partial charge in [0.25, 0.3) is 0 Å². The topological polar surface area (TPSA) is 17.1 Å². The van der Waals surface area contributed by atoms with Crippen LogP contribution in [0.15, 0.2) is 43.0 Å². The van der Waals surface area contributed by atoms with E-state index >= 15 is 0 Å². The highest BCUT2D eigenvalue weighted by Gasteiger charge is 2.01. The third kappa shape index (κ3) is 4.04. The molecule has 0 unspecified atom stereocenters. The highest BCUT2D eigenvalue weighted by Crippen LogP contribution is 2.04. The molecule has 0 aliphatic heterocycles. The second-order valence-corrected chi connectivity index (χ2v) is 3.38. The minimum Gasteiger partial charge on any atom is -0.299 e. The van der Waals surface area contributed by atoms with Gasteiger partial charge in [-0.2, -0.15) is 0 Å². The Morgan fingerprint density at radius 3 is 2.64 bits per heavy atom. The standard InChI is InChI=1S/C13H16O/c1-2-3-5-10-13(14)11-12-8-6-4-7-9-12/h2,4,6-9H,1,3,5,10-11H2. The van der Waals surface area contributed by atoms with Crippen LogP contribution in [0.25, 0.3) is 0 Å². The van der Waals surface area contributed by atoms with E-state index in [1.54, 1.807) is 0 Å². The molecule has 14 heavy (non-hydrogen) atoms. The fourth-order valence-electron chi connectivity index (χ4n) is 1.36. The average Bonchev–Trinajstić information content (AvgIpc) is 2.20. The number of Topliss-reactive ketones (excluding diaryl/α,β-unsaturated/α-hetero) is 1. The van der Waals surface area contributed by atoms with Gasteiger partial charge in [0.2, 0.25) is 0 Å². The van der Waals surface area contributed by atoms with Crippen molar-refractivity contribution in [1.82, 2.24) is 0 Å². The number of benzene rings is 1. The molecule has 1 nitrogen and oxygen atoms in total. The maximum absolute atomic E-state index is 11.5. The summed E-state index contributed by atoms with van der Waals surface area (Å²) in [5.41, 5.74) is 1.11. The quantitative estimate of drug-likeness (QED) is 0.495. The van der Waals surface area contributed by atoms with Gasteiger partial charge in [0.05, 0.1) is 0 Å². The molecule has 0 atom stereocenters. The van der Waals surface area contributed by atoms with Crippen LogP contribution >= 0.6 is 0 Å². The summed E-state index contributed by atoms with van der Waals surface area (Å²) < 4.78 is 0. The van der Waals surface area contributed by atoms with Crippen molar-refractivity contribution in [2.45, 2.75) is 25.7 Å². The largest absolute Gasteiger partial charge is 0.299 e. The Kier molecular flexibility index (Phi) is 4.70. The van der Waals surface area contributed by atoms with Crippen molar-refractivity contribution in [3.63, 3.8) is 0 Å². The maximum atomic E-state index is 11.5. The molecule has 0 heterocycles. The van der Waals surface area contributed by atoms with Gasteiger partial charge in [-0.1, -0.05) is 36.4 Å². The van der Waals surface area contributed by atoms with Gasteiger partial charge >= 0.3 is 0 Å². The normalized spacial score (nSPS) is 9.71. The summed E-state index contributed by atoms with van der Waals surface area (Å²) in [7, 11) is 0. The van der Waals surface area contributed by atoms with Gasteiger partial charge in [0.15, 0.2) is 0 Å². The molecule has 0 fully saturated rings. The molecule has 0 saturated heterocycles. The van der Waals surface area contributed by atoms with Crippen molar-refractivity contribution in [2.24, 2.45) is 0 Å². The Morgan fingerprint density at radius 2 is 2.00 bits per heavy atom. The molecule has 1 heteroatoms. The average molecular weight is 188 g/mol. The lowest BCUT2D eigenvalue weighted by atomic mass is 10.1. The number of hydrogen-bond donors (Lipinski definition) is 0. The number of rotatable bonds is 6. The second-order valence-electron chi connectivity index (χ2n) is 3.38. The van der Waals surface area contributed by atoms with Crippen LogP contribution in [0.4, 0.5) is 0 Å². The second kappa shape index (κ2) is 6.14. The zero-order valence-electron chi connectivity index (χ0n) is 8.41. The van der Waals surface area contributed by atoms with Crippen LogP contribution in [0.2, 0.25) is 0 Å². The fourth-order valence-corrected chi connectivity index (χ4v) is 1.36. The number of carbonyl (C=O) groups is 1. The van der Waals surface area contributed by atoms with E-state index < -0.39 is 0 Å².